The molecule has 154 valence electrons. The number of halogens is 4. The second-order valence-electron chi connectivity index (χ2n) is 6.73. The zero-order valence-electron chi connectivity index (χ0n) is 15.3. The molecule has 1 unspecified atom stereocenters. The number of alkyl halides is 3. The molecule has 1 saturated carbocycles. The Morgan fingerprint density at radius 1 is 1.10 bits per heavy atom. The molecule has 29 heavy (non-hydrogen) atoms. The Morgan fingerprint density at radius 2 is 1.76 bits per heavy atom. The molecule has 2 aromatic rings. The first-order valence-electron chi connectivity index (χ1n) is 8.88. The van der Waals surface area contributed by atoms with Gasteiger partial charge in [-0.15, -0.1) is 11.8 Å². The van der Waals surface area contributed by atoms with Gasteiger partial charge in [0.15, 0.2) is 0 Å². The van der Waals surface area contributed by atoms with Gasteiger partial charge < -0.3 is 10.6 Å². The van der Waals surface area contributed by atoms with E-state index in [4.69, 9.17) is 11.6 Å². The van der Waals surface area contributed by atoms with E-state index in [1.807, 2.05) is 0 Å². The maximum absolute atomic E-state index is 12.9. The van der Waals surface area contributed by atoms with Crippen molar-refractivity contribution >= 4 is 46.6 Å². The van der Waals surface area contributed by atoms with Crippen molar-refractivity contribution < 1.29 is 22.8 Å². The SMILES string of the molecule is CC(Sc1ccc(NC(=O)C2CC2)cc1)C(=O)Nc1cc(C(F)(F)F)ccc1Cl. The minimum Gasteiger partial charge on any atom is -0.326 e. The van der Waals surface area contributed by atoms with Gasteiger partial charge in [0.25, 0.3) is 0 Å². The third-order valence-corrected chi connectivity index (χ3v) is 5.75. The fourth-order valence-electron chi connectivity index (χ4n) is 2.50. The summed E-state index contributed by atoms with van der Waals surface area (Å²) in [4.78, 5) is 24.9. The second-order valence-corrected chi connectivity index (χ2v) is 8.55. The third-order valence-electron chi connectivity index (χ3n) is 4.30. The number of thioether (sulfide) groups is 1. The number of carbonyl (C=O) groups is 2. The average molecular weight is 443 g/mol. The van der Waals surface area contributed by atoms with E-state index in [-0.39, 0.29) is 22.5 Å². The van der Waals surface area contributed by atoms with Crippen LogP contribution in [0.1, 0.15) is 25.3 Å². The van der Waals surface area contributed by atoms with Gasteiger partial charge in [-0.2, -0.15) is 13.2 Å². The Kier molecular flexibility index (Phi) is 6.43. The fourth-order valence-corrected chi connectivity index (χ4v) is 3.53. The molecule has 2 amide bonds. The summed E-state index contributed by atoms with van der Waals surface area (Å²) in [6, 6.07) is 9.82. The number of benzene rings is 2. The van der Waals surface area contributed by atoms with Crippen LogP contribution in [0, 0.1) is 5.92 Å². The quantitative estimate of drug-likeness (QED) is 0.553. The number of hydrogen-bond acceptors (Lipinski definition) is 3. The van der Waals surface area contributed by atoms with Crippen LogP contribution in [0.2, 0.25) is 5.02 Å². The van der Waals surface area contributed by atoms with Gasteiger partial charge in [0.05, 0.1) is 21.5 Å². The molecule has 3 rings (SSSR count). The van der Waals surface area contributed by atoms with Gasteiger partial charge in [-0.05, 0) is 62.2 Å². The van der Waals surface area contributed by atoms with Crippen LogP contribution in [0.25, 0.3) is 0 Å². The number of anilines is 2. The van der Waals surface area contributed by atoms with Crippen LogP contribution >= 0.6 is 23.4 Å². The summed E-state index contributed by atoms with van der Waals surface area (Å²) in [7, 11) is 0. The topological polar surface area (TPSA) is 58.2 Å². The van der Waals surface area contributed by atoms with Crippen molar-refractivity contribution in [2.24, 2.45) is 5.92 Å². The first-order valence-corrected chi connectivity index (χ1v) is 10.1. The summed E-state index contributed by atoms with van der Waals surface area (Å²) < 4.78 is 38.6. The molecular weight excluding hydrogens is 425 g/mol. The molecule has 0 aliphatic heterocycles. The van der Waals surface area contributed by atoms with E-state index in [0.717, 1.165) is 35.9 Å². The van der Waals surface area contributed by atoms with Gasteiger partial charge in [-0.1, -0.05) is 11.6 Å². The van der Waals surface area contributed by atoms with Crippen LogP contribution in [0.4, 0.5) is 24.5 Å². The summed E-state index contributed by atoms with van der Waals surface area (Å²) >= 11 is 7.16. The number of rotatable bonds is 6. The molecule has 1 atom stereocenters. The third kappa shape index (κ3) is 5.90. The van der Waals surface area contributed by atoms with Crippen LogP contribution in [0.5, 0.6) is 0 Å². The summed E-state index contributed by atoms with van der Waals surface area (Å²) in [6.45, 7) is 1.64. The van der Waals surface area contributed by atoms with Crippen LogP contribution in [-0.2, 0) is 15.8 Å². The maximum atomic E-state index is 12.9. The van der Waals surface area contributed by atoms with E-state index in [1.54, 1.807) is 31.2 Å². The molecular formula is C20H18ClF3N2O2S. The number of carbonyl (C=O) groups excluding carboxylic acids is 2. The minimum atomic E-state index is -4.53. The molecule has 0 aromatic heterocycles. The number of hydrogen-bond donors (Lipinski definition) is 2. The number of amides is 2. The molecule has 2 N–H and O–H groups in total. The predicted octanol–water partition coefficient (Wildman–Crippen LogP) is 5.83. The molecule has 1 aliphatic rings. The Hall–Kier alpha value is -2.19. The zero-order chi connectivity index (χ0) is 21.2. The maximum Gasteiger partial charge on any atom is 0.416 e. The molecule has 0 spiro atoms. The van der Waals surface area contributed by atoms with E-state index in [0.29, 0.717) is 5.69 Å². The smallest absolute Gasteiger partial charge is 0.326 e. The van der Waals surface area contributed by atoms with Gasteiger partial charge in [0, 0.05) is 16.5 Å². The summed E-state index contributed by atoms with van der Waals surface area (Å²) in [5.41, 5.74) is -0.294. The largest absolute Gasteiger partial charge is 0.416 e. The molecule has 1 aliphatic carbocycles. The van der Waals surface area contributed by atoms with E-state index in [1.165, 1.54) is 11.8 Å². The highest BCUT2D eigenvalue weighted by Crippen LogP contribution is 2.34. The lowest BCUT2D eigenvalue weighted by Crippen LogP contribution is -2.23. The van der Waals surface area contributed by atoms with Crippen molar-refractivity contribution in [3.63, 3.8) is 0 Å². The molecule has 0 bridgehead atoms. The molecule has 4 nitrogen and oxygen atoms in total. The molecule has 0 heterocycles. The highest BCUT2D eigenvalue weighted by atomic mass is 35.5. The number of nitrogens with one attached hydrogen (secondary N) is 2. The van der Waals surface area contributed by atoms with Crippen LogP contribution in [0.15, 0.2) is 47.4 Å². The minimum absolute atomic E-state index is 0.0103. The molecule has 2 aromatic carbocycles. The Balaban J connectivity index is 1.60. The Bertz CT molecular complexity index is 915. The molecule has 0 saturated heterocycles. The van der Waals surface area contributed by atoms with Crippen molar-refractivity contribution in [2.75, 3.05) is 10.6 Å². The standard InChI is InChI=1S/C20H18ClF3N2O2S/c1-11(18(27)26-17-10-13(20(22,23)24)4-9-16(17)21)29-15-7-5-14(6-8-15)25-19(28)12-2-3-12/h4-12H,2-3H2,1H3,(H,25,28)(H,26,27). The second kappa shape index (κ2) is 8.67. The van der Waals surface area contributed by atoms with Gasteiger partial charge >= 0.3 is 6.18 Å². The van der Waals surface area contributed by atoms with Crippen molar-refractivity contribution in [3.8, 4) is 0 Å². The van der Waals surface area contributed by atoms with E-state index < -0.39 is 22.9 Å². The highest BCUT2D eigenvalue weighted by Gasteiger charge is 2.31. The van der Waals surface area contributed by atoms with Crippen molar-refractivity contribution in [2.45, 2.75) is 36.1 Å². The van der Waals surface area contributed by atoms with E-state index >= 15 is 0 Å². The summed E-state index contributed by atoms with van der Waals surface area (Å²) in [6.07, 6.45) is -2.69. The van der Waals surface area contributed by atoms with Gasteiger partial charge in [-0.25, -0.2) is 0 Å². The predicted molar refractivity (Wildman–Crippen MR) is 108 cm³/mol. The Labute approximate surface area is 175 Å². The molecule has 1 fully saturated rings. The first-order chi connectivity index (χ1) is 13.6. The van der Waals surface area contributed by atoms with Gasteiger partial charge in [0.1, 0.15) is 0 Å². The summed E-state index contributed by atoms with van der Waals surface area (Å²) in [5.74, 6) is -0.353. The lowest BCUT2D eigenvalue weighted by atomic mass is 10.2. The normalized spacial score (nSPS) is 14.9. The van der Waals surface area contributed by atoms with Gasteiger partial charge in [0.2, 0.25) is 11.8 Å². The first kappa shape index (κ1) is 21.5. The van der Waals surface area contributed by atoms with Crippen molar-refractivity contribution in [1.29, 1.82) is 0 Å². The lowest BCUT2D eigenvalue weighted by molar-refractivity contribution is -0.137. The lowest BCUT2D eigenvalue weighted by Gasteiger charge is -2.15. The zero-order valence-corrected chi connectivity index (χ0v) is 16.9. The van der Waals surface area contributed by atoms with Crippen molar-refractivity contribution in [3.05, 3.63) is 53.1 Å². The van der Waals surface area contributed by atoms with Crippen LogP contribution in [-0.4, -0.2) is 17.1 Å². The monoisotopic (exact) mass is 442 g/mol. The van der Waals surface area contributed by atoms with Crippen LogP contribution in [0.3, 0.4) is 0 Å². The molecule has 0 radical (unpaired) electrons. The van der Waals surface area contributed by atoms with E-state index in [9.17, 15) is 22.8 Å². The highest BCUT2D eigenvalue weighted by molar-refractivity contribution is 8.00. The van der Waals surface area contributed by atoms with Gasteiger partial charge in [-0.3, -0.25) is 9.59 Å². The van der Waals surface area contributed by atoms with Crippen LogP contribution < -0.4 is 10.6 Å². The van der Waals surface area contributed by atoms with Crippen molar-refractivity contribution in [1.82, 2.24) is 0 Å². The average Bonchev–Trinajstić information content (AvgIpc) is 3.49. The summed E-state index contributed by atoms with van der Waals surface area (Å²) in [5, 5.41) is 4.73. The molecule has 9 heteroatoms. The van der Waals surface area contributed by atoms with E-state index in [2.05, 4.69) is 10.6 Å². The Morgan fingerprint density at radius 3 is 2.34 bits per heavy atom. The fraction of sp³-hybridized carbons (Fsp3) is 0.300.